The minimum absolute atomic E-state index is 0. The van der Waals surface area contributed by atoms with Crippen LogP contribution in [-0.2, 0) is 0 Å². The summed E-state index contributed by atoms with van der Waals surface area (Å²) in [5.41, 5.74) is 15.0. The van der Waals surface area contributed by atoms with E-state index in [9.17, 15) is 24.6 Å². The van der Waals surface area contributed by atoms with Crippen molar-refractivity contribution < 1.29 is 69.2 Å². The second kappa shape index (κ2) is 15.9. The first-order valence-corrected chi connectivity index (χ1v) is 13.1. The fourth-order valence-corrected chi connectivity index (χ4v) is 4.84. The largest absolute Gasteiger partial charge is 1.00 e. The van der Waals surface area contributed by atoms with Crippen LogP contribution in [0.15, 0.2) is 108 Å². The Morgan fingerprint density at radius 1 is 0.660 bits per heavy atom. The van der Waals surface area contributed by atoms with Crippen molar-refractivity contribution in [1.82, 2.24) is 0 Å². The zero-order valence-corrected chi connectivity index (χ0v) is 27.6. The number of hydrogen-bond acceptors (Lipinski definition) is 9. The van der Waals surface area contributed by atoms with Crippen LogP contribution in [0, 0.1) is 5.41 Å². The number of carboxylic acids is 2. The Hall–Kier alpha value is -5.17. The van der Waals surface area contributed by atoms with Crippen molar-refractivity contribution in [2.75, 3.05) is 11.5 Å². The number of hydrogen-bond donors (Lipinski definition) is 6. The molecule has 0 amide bonds. The number of fused-ring (bicyclic) bond motifs is 2. The monoisotopic (exact) mass is 663 g/mol. The fourth-order valence-electron chi connectivity index (χ4n) is 4.84. The smallest absolute Gasteiger partial charge is 0.870 e. The van der Waals surface area contributed by atoms with E-state index in [1.807, 2.05) is 6.07 Å². The third-order valence-electron chi connectivity index (χ3n) is 6.84. The van der Waals surface area contributed by atoms with Gasteiger partial charge in [-0.2, -0.15) is 0 Å². The van der Waals surface area contributed by atoms with Crippen molar-refractivity contribution in [3.63, 3.8) is 0 Å². The number of carbonyl (C=O) groups excluding carboxylic acids is 1. The minimum atomic E-state index is -1.20. The van der Waals surface area contributed by atoms with E-state index in [2.05, 4.69) is 0 Å². The number of anilines is 2. The van der Waals surface area contributed by atoms with E-state index in [1.165, 1.54) is 36.4 Å². The normalized spacial score (nSPS) is 9.96. The van der Waals surface area contributed by atoms with Gasteiger partial charge in [0.1, 0.15) is 17.1 Å². The molecule has 0 bridgehead atoms. The number of aromatic hydroxyl groups is 1. The second-order valence-corrected chi connectivity index (χ2v) is 9.75. The predicted octanol–water partition coefficient (Wildman–Crippen LogP) is 3.12. The molecule has 0 aromatic heterocycles. The molecule has 234 valence electrons. The molecule has 47 heavy (non-hydrogen) atoms. The zero-order valence-electron chi connectivity index (χ0n) is 24.8. The zero-order chi connectivity index (χ0) is 31.5. The van der Waals surface area contributed by atoms with E-state index in [0.717, 1.165) is 16.5 Å². The van der Waals surface area contributed by atoms with Gasteiger partial charge in [0.15, 0.2) is 5.78 Å². The van der Waals surface area contributed by atoms with Crippen molar-refractivity contribution in [3.8, 4) is 28.2 Å². The first-order valence-electron chi connectivity index (χ1n) is 13.1. The summed E-state index contributed by atoms with van der Waals surface area (Å²) in [7, 11) is 0. The molecule has 0 atom stereocenters. The van der Waals surface area contributed by atoms with E-state index < -0.39 is 17.7 Å². The molecular weight excluding hydrogens is 637 g/mol. The third-order valence-corrected chi connectivity index (χ3v) is 6.84. The Balaban J connectivity index is 0.000000318. The SMILES string of the molecule is Cl.N=c1ccc2c(-c3ccccc3C(=O)O)c3ccc(N)cc3oc-2c1.Nc1ccc(C(=O)c2ccccc2C(=O)O)c(O)c1.[Na+].[OH-]. The number of halogens is 1. The van der Waals surface area contributed by atoms with Gasteiger partial charge in [0.25, 0.3) is 0 Å². The number of rotatable bonds is 5. The third kappa shape index (κ3) is 7.98. The van der Waals surface area contributed by atoms with E-state index >= 15 is 0 Å². The fraction of sp³-hybridized carbons (Fsp3) is 0. The molecule has 0 unspecified atom stereocenters. The molecule has 0 saturated carbocycles. The Bertz CT molecular complexity index is 2130. The van der Waals surface area contributed by atoms with Gasteiger partial charge in [-0.05, 0) is 54.1 Å². The van der Waals surface area contributed by atoms with Gasteiger partial charge in [-0.3, -0.25) is 4.79 Å². The Morgan fingerprint density at radius 2 is 1.23 bits per heavy atom. The molecule has 0 saturated heterocycles. The van der Waals surface area contributed by atoms with E-state index in [-0.39, 0.29) is 75.4 Å². The van der Waals surface area contributed by atoms with Gasteiger partial charge in [0.05, 0.1) is 22.0 Å². The van der Waals surface area contributed by atoms with Crippen molar-refractivity contribution in [3.05, 3.63) is 131 Å². The van der Waals surface area contributed by atoms with Crippen LogP contribution in [-0.4, -0.2) is 38.5 Å². The Kier molecular flexibility index (Phi) is 12.9. The van der Waals surface area contributed by atoms with Crippen LogP contribution in [0.5, 0.6) is 5.75 Å². The average molecular weight is 664 g/mol. The Morgan fingerprint density at radius 3 is 1.87 bits per heavy atom. The minimum Gasteiger partial charge on any atom is -0.870 e. The van der Waals surface area contributed by atoms with Crippen LogP contribution in [0.25, 0.3) is 33.4 Å². The number of carboxylic acid groups (broad SMARTS) is 2. The maximum absolute atomic E-state index is 12.2. The molecule has 2 aliphatic rings. The molecule has 4 aromatic rings. The number of benzene rings is 5. The summed E-state index contributed by atoms with van der Waals surface area (Å²) in [6.07, 6.45) is 0. The number of aromatic carboxylic acids is 2. The van der Waals surface area contributed by atoms with Crippen LogP contribution >= 0.6 is 12.4 Å². The summed E-state index contributed by atoms with van der Waals surface area (Å²) in [6, 6.07) is 27.1. The molecule has 9 N–H and O–H groups in total. The average Bonchev–Trinajstić information content (AvgIpc) is 2.99. The number of phenols is 1. The summed E-state index contributed by atoms with van der Waals surface area (Å²) in [5, 5.41) is 37.3. The molecule has 4 aromatic carbocycles. The van der Waals surface area contributed by atoms with Crippen molar-refractivity contribution >= 4 is 52.5 Å². The molecule has 1 heterocycles. The number of nitrogens with two attached hydrogens (primary N) is 2. The van der Waals surface area contributed by atoms with Crippen LogP contribution < -0.4 is 46.4 Å². The summed E-state index contributed by atoms with van der Waals surface area (Å²) >= 11 is 0. The van der Waals surface area contributed by atoms with Gasteiger partial charge in [-0.15, -0.1) is 12.4 Å². The summed E-state index contributed by atoms with van der Waals surface area (Å²) < 4.78 is 5.92. The molecule has 0 spiro atoms. The van der Waals surface area contributed by atoms with Gasteiger partial charge >= 0.3 is 41.5 Å². The summed E-state index contributed by atoms with van der Waals surface area (Å²) in [5.74, 6) is -2.51. The molecule has 11 nitrogen and oxygen atoms in total. The van der Waals surface area contributed by atoms with Crippen molar-refractivity contribution in [2.24, 2.45) is 0 Å². The number of nitrogens with one attached hydrogen (secondary N) is 1. The van der Waals surface area contributed by atoms with Gasteiger partial charge in [-0.1, -0.05) is 36.4 Å². The van der Waals surface area contributed by atoms with E-state index in [1.54, 1.807) is 60.7 Å². The quantitative estimate of drug-likeness (QED) is 0.0683. The van der Waals surface area contributed by atoms with Gasteiger partial charge in [-0.25, -0.2) is 9.59 Å². The number of nitrogen functional groups attached to an aromatic ring is 2. The molecule has 0 fully saturated rings. The number of ketones is 1. The Labute approximate surface area is 296 Å². The first-order chi connectivity index (χ1) is 21.0. The molecule has 13 heteroatoms. The van der Waals surface area contributed by atoms with Crippen molar-refractivity contribution in [2.45, 2.75) is 0 Å². The first kappa shape index (κ1) is 38.0. The maximum Gasteiger partial charge on any atom is 1.00 e. The second-order valence-electron chi connectivity index (χ2n) is 9.75. The van der Waals surface area contributed by atoms with Gasteiger partial charge in [0, 0.05) is 51.7 Å². The van der Waals surface area contributed by atoms with Crippen molar-refractivity contribution in [1.29, 1.82) is 5.41 Å². The summed E-state index contributed by atoms with van der Waals surface area (Å²) in [6.45, 7) is 0. The van der Waals surface area contributed by atoms with Crippen LogP contribution in [0.3, 0.4) is 0 Å². The number of phenolic OH excluding ortho intramolecular Hbond substituents is 1. The topological polar surface area (TPSA) is 231 Å². The van der Waals surface area contributed by atoms with E-state index in [0.29, 0.717) is 33.6 Å². The van der Waals surface area contributed by atoms with Gasteiger partial charge < -0.3 is 42.1 Å². The molecule has 0 radical (unpaired) electrons. The number of carbonyl (C=O) groups is 3. The molecule has 1 aliphatic carbocycles. The molecule has 1 aliphatic heterocycles. The maximum atomic E-state index is 12.2. The standard InChI is InChI=1S/C20H14N2O3.C14H11NO4.ClH.Na.H2O/c21-11-5-7-15-17(9-11)25-18-10-12(22)6-8-16(18)19(15)13-3-1-2-4-14(13)20(23)24;15-8-5-6-11(12(16)7-8)13(17)9-3-1-2-4-10(9)14(18)19;;;/h1-10,21H,22H2,(H,23,24);1-7,16H,15H2,(H,18,19);1H;;1H2/q;;;+1;/p-1. The van der Waals surface area contributed by atoms with E-state index in [4.69, 9.17) is 26.4 Å². The van der Waals surface area contributed by atoms with Crippen LogP contribution in [0.4, 0.5) is 11.4 Å². The predicted molar refractivity (Wildman–Crippen MR) is 174 cm³/mol. The summed E-state index contributed by atoms with van der Waals surface area (Å²) in [4.78, 5) is 35.0. The van der Waals surface area contributed by atoms with Crippen LogP contribution in [0.1, 0.15) is 36.6 Å². The molecular formula is C34H27ClN3NaO8. The van der Waals surface area contributed by atoms with Crippen LogP contribution in [0.2, 0.25) is 0 Å². The van der Waals surface area contributed by atoms with Gasteiger partial charge in [0.2, 0.25) is 0 Å². The molecule has 6 rings (SSSR count).